The van der Waals surface area contributed by atoms with E-state index >= 15 is 0 Å². The Morgan fingerprint density at radius 2 is 1.73 bits per heavy atom. The van der Waals surface area contributed by atoms with E-state index in [4.69, 9.17) is 4.74 Å². The fourth-order valence-corrected chi connectivity index (χ4v) is 4.87. The lowest BCUT2D eigenvalue weighted by atomic mass is 10.1. The minimum atomic E-state index is -3.88. The van der Waals surface area contributed by atoms with Crippen molar-refractivity contribution in [2.45, 2.75) is 9.92 Å². The predicted molar refractivity (Wildman–Crippen MR) is 140 cm³/mol. The molecule has 2 aromatic heterocycles. The summed E-state index contributed by atoms with van der Waals surface area (Å²) in [5.74, 6) is 0.340. The molecule has 0 fully saturated rings. The molecule has 10 nitrogen and oxygen atoms in total. The number of benzene rings is 2. The van der Waals surface area contributed by atoms with Crippen LogP contribution >= 0.6 is 11.8 Å². The van der Waals surface area contributed by atoms with Crippen molar-refractivity contribution in [2.75, 3.05) is 22.9 Å². The van der Waals surface area contributed by atoms with Crippen LogP contribution in [0.5, 0.6) is 5.75 Å². The van der Waals surface area contributed by atoms with Crippen LogP contribution in [0.4, 0.5) is 11.6 Å². The highest BCUT2D eigenvalue weighted by Gasteiger charge is 2.16. The quantitative estimate of drug-likeness (QED) is 0.306. The van der Waals surface area contributed by atoms with Crippen LogP contribution < -0.4 is 14.8 Å². The average molecular weight is 533 g/mol. The molecule has 0 saturated heterocycles. The first-order valence-corrected chi connectivity index (χ1v) is 13.2. The zero-order valence-corrected chi connectivity index (χ0v) is 21.1. The second-order valence-electron chi connectivity index (χ2n) is 7.43. The smallest absolute Gasteiger partial charge is 0.264 e. The third kappa shape index (κ3) is 6.60. The van der Waals surface area contributed by atoms with Crippen LogP contribution in [-0.4, -0.2) is 42.1 Å². The second-order valence-corrected chi connectivity index (χ2v) is 10.1. The summed E-state index contributed by atoms with van der Waals surface area (Å²) in [5, 5.41) is 12.6. The van der Waals surface area contributed by atoms with Gasteiger partial charge in [0, 0.05) is 23.6 Å². The van der Waals surface area contributed by atoms with Gasteiger partial charge in [0.2, 0.25) is 11.9 Å². The van der Waals surface area contributed by atoms with Gasteiger partial charge in [-0.05, 0) is 66.7 Å². The maximum Gasteiger partial charge on any atom is 0.264 e. The summed E-state index contributed by atoms with van der Waals surface area (Å²) >= 11 is 1.13. The van der Waals surface area contributed by atoms with E-state index in [0.29, 0.717) is 22.0 Å². The van der Waals surface area contributed by atoms with Crippen LogP contribution in [0.2, 0.25) is 0 Å². The molecular weight excluding hydrogens is 512 g/mol. The number of sulfonamides is 1. The zero-order valence-electron chi connectivity index (χ0n) is 19.5. The maximum atomic E-state index is 12.5. The van der Waals surface area contributed by atoms with Gasteiger partial charge in [-0.1, -0.05) is 11.8 Å². The summed E-state index contributed by atoms with van der Waals surface area (Å²) in [5.41, 5.74) is 2.29. The van der Waals surface area contributed by atoms with Gasteiger partial charge in [0.05, 0.1) is 29.0 Å². The van der Waals surface area contributed by atoms with Gasteiger partial charge in [-0.2, -0.15) is 5.26 Å². The molecule has 0 atom stereocenters. The molecule has 0 radical (unpaired) electrons. The van der Waals surface area contributed by atoms with Crippen molar-refractivity contribution in [3.8, 4) is 23.1 Å². The summed E-state index contributed by atoms with van der Waals surface area (Å²) in [7, 11) is -2.29. The molecule has 2 N–H and O–H groups in total. The average Bonchev–Trinajstić information content (AvgIpc) is 2.92. The van der Waals surface area contributed by atoms with Gasteiger partial charge >= 0.3 is 0 Å². The van der Waals surface area contributed by atoms with E-state index in [-0.39, 0.29) is 22.5 Å². The Kier molecular flexibility index (Phi) is 7.97. The van der Waals surface area contributed by atoms with E-state index in [0.717, 1.165) is 23.1 Å². The van der Waals surface area contributed by atoms with Crippen molar-refractivity contribution in [3.63, 3.8) is 0 Å². The Labute approximate surface area is 217 Å². The highest BCUT2D eigenvalue weighted by atomic mass is 32.2. The highest BCUT2D eigenvalue weighted by molar-refractivity contribution is 8.00. The second kappa shape index (κ2) is 11.5. The Hall–Kier alpha value is -4.47. The number of rotatable bonds is 9. The molecule has 4 rings (SSSR count). The number of nitriles is 1. The van der Waals surface area contributed by atoms with Crippen LogP contribution in [0.25, 0.3) is 11.3 Å². The van der Waals surface area contributed by atoms with Crippen LogP contribution in [0.1, 0.15) is 5.56 Å². The zero-order chi connectivity index (χ0) is 26.3. The number of nitrogens with zero attached hydrogens (tertiary/aromatic N) is 4. The first-order chi connectivity index (χ1) is 17.9. The van der Waals surface area contributed by atoms with Gasteiger partial charge in [0.25, 0.3) is 10.0 Å². The van der Waals surface area contributed by atoms with E-state index in [1.165, 1.54) is 36.7 Å². The van der Waals surface area contributed by atoms with E-state index in [1.54, 1.807) is 25.3 Å². The van der Waals surface area contributed by atoms with Crippen LogP contribution in [-0.2, 0) is 14.8 Å². The van der Waals surface area contributed by atoms with Crippen LogP contribution in [0, 0.1) is 11.3 Å². The summed E-state index contributed by atoms with van der Waals surface area (Å²) in [6.07, 6.45) is 2.85. The predicted octanol–water partition coefficient (Wildman–Crippen LogP) is 3.95. The van der Waals surface area contributed by atoms with Gasteiger partial charge < -0.3 is 10.1 Å². The minimum absolute atomic E-state index is 0.000692. The monoisotopic (exact) mass is 532 g/mol. The molecule has 4 aromatic rings. The molecule has 0 bridgehead atoms. The molecule has 0 spiro atoms. The lowest BCUT2D eigenvalue weighted by Gasteiger charge is -2.09. The number of thioether (sulfide) groups is 1. The third-order valence-corrected chi connectivity index (χ3v) is 7.28. The van der Waals surface area contributed by atoms with Gasteiger partial charge in [0.15, 0.2) is 0 Å². The van der Waals surface area contributed by atoms with Gasteiger partial charge in [-0.15, -0.1) is 0 Å². The lowest BCUT2D eigenvalue weighted by Crippen LogP contribution is -2.16. The number of aromatic nitrogens is 3. The number of pyridine rings is 1. The molecule has 0 saturated carbocycles. The van der Waals surface area contributed by atoms with Crippen LogP contribution in [0.15, 0.2) is 89.0 Å². The Morgan fingerprint density at radius 1 is 1.03 bits per heavy atom. The van der Waals surface area contributed by atoms with Gasteiger partial charge in [-0.3, -0.25) is 4.79 Å². The standard InChI is InChI=1S/C25H20N6O4S2/c1-35-20-8-3-17(4-9-20)22-12-5-18(15-26)24(30-22)36-16-23(32)29-19-6-10-21(11-7-19)37(33,34)31-25-27-13-2-14-28-25/h2-14H,16H2,1H3,(H,29,32)(H,27,28,31). The molecule has 0 aliphatic rings. The number of nitrogens with one attached hydrogen (secondary N) is 2. The maximum absolute atomic E-state index is 12.5. The summed E-state index contributed by atoms with van der Waals surface area (Å²) in [6.45, 7) is 0. The van der Waals surface area contributed by atoms with E-state index < -0.39 is 10.0 Å². The summed E-state index contributed by atoms with van der Waals surface area (Å²) in [6, 6.07) is 20.1. The number of carbonyl (C=O) groups excluding carboxylic acids is 1. The molecule has 0 aliphatic heterocycles. The Balaban J connectivity index is 1.39. The summed E-state index contributed by atoms with van der Waals surface area (Å²) in [4.78, 5) is 24.8. The van der Waals surface area contributed by atoms with Gasteiger partial charge in [-0.25, -0.2) is 28.1 Å². The van der Waals surface area contributed by atoms with Crippen molar-refractivity contribution >= 4 is 39.3 Å². The number of amides is 1. The number of carbonyl (C=O) groups is 1. The Morgan fingerprint density at radius 3 is 2.38 bits per heavy atom. The first kappa shape index (κ1) is 25.6. The first-order valence-electron chi connectivity index (χ1n) is 10.8. The van der Waals surface area contributed by atoms with Crippen molar-refractivity contribution in [1.29, 1.82) is 5.26 Å². The molecule has 2 aromatic carbocycles. The number of ether oxygens (including phenoxy) is 1. The number of methoxy groups -OCH3 is 1. The van der Waals surface area contributed by atoms with E-state index in [9.17, 15) is 18.5 Å². The van der Waals surface area contributed by atoms with Crippen LogP contribution in [0.3, 0.4) is 0 Å². The highest BCUT2D eigenvalue weighted by Crippen LogP contribution is 2.27. The number of hydrogen-bond acceptors (Lipinski definition) is 9. The van der Waals surface area contributed by atoms with Crippen molar-refractivity contribution < 1.29 is 17.9 Å². The molecule has 186 valence electrons. The fraction of sp³-hybridized carbons (Fsp3) is 0.0800. The summed E-state index contributed by atoms with van der Waals surface area (Å²) < 4.78 is 32.5. The normalized spacial score (nSPS) is 10.8. The SMILES string of the molecule is COc1ccc(-c2ccc(C#N)c(SCC(=O)Nc3ccc(S(=O)(=O)Nc4ncccn4)cc3)n2)cc1. The van der Waals surface area contributed by atoms with Gasteiger partial charge in [0.1, 0.15) is 16.8 Å². The molecule has 0 aliphatic carbocycles. The van der Waals surface area contributed by atoms with Crippen molar-refractivity contribution in [3.05, 3.63) is 84.7 Å². The fourth-order valence-electron chi connectivity index (χ4n) is 3.14. The lowest BCUT2D eigenvalue weighted by molar-refractivity contribution is -0.113. The molecule has 37 heavy (non-hydrogen) atoms. The molecule has 12 heteroatoms. The molecule has 1 amide bonds. The van der Waals surface area contributed by atoms with Crippen molar-refractivity contribution in [2.24, 2.45) is 0 Å². The number of hydrogen-bond donors (Lipinski definition) is 2. The minimum Gasteiger partial charge on any atom is -0.497 e. The topological polar surface area (TPSA) is 147 Å². The molecular formula is C25H20N6O4S2. The molecule has 0 unspecified atom stereocenters. The Bertz CT molecular complexity index is 1540. The number of anilines is 2. The third-order valence-electron chi connectivity index (χ3n) is 4.95. The van der Waals surface area contributed by atoms with E-state index in [1.807, 2.05) is 24.3 Å². The van der Waals surface area contributed by atoms with Crippen molar-refractivity contribution in [1.82, 2.24) is 15.0 Å². The largest absolute Gasteiger partial charge is 0.497 e. The van der Waals surface area contributed by atoms with E-state index in [2.05, 4.69) is 31.1 Å². The molecule has 2 heterocycles.